The zero-order chi connectivity index (χ0) is 13.9. The first-order valence-electron chi connectivity index (χ1n) is 7.14. The summed E-state index contributed by atoms with van der Waals surface area (Å²) in [6.07, 6.45) is 3.40. The second-order valence-corrected chi connectivity index (χ2v) is 5.44. The third kappa shape index (κ3) is 2.61. The maximum Gasteiger partial charge on any atom is 0.315 e. The van der Waals surface area contributed by atoms with Crippen molar-refractivity contribution >= 4 is 11.9 Å². The van der Waals surface area contributed by atoms with E-state index in [0.29, 0.717) is 19.0 Å². The number of carbonyl (C=O) groups is 2. The smallest absolute Gasteiger partial charge is 0.315 e. The highest BCUT2D eigenvalue weighted by Gasteiger charge is 2.27. The molecule has 2 aliphatic rings. The largest absolute Gasteiger partial charge is 0.354 e. The van der Waals surface area contributed by atoms with Gasteiger partial charge in [0.05, 0.1) is 0 Å². The van der Waals surface area contributed by atoms with Crippen LogP contribution in [0.4, 0.5) is 4.79 Å². The van der Waals surface area contributed by atoms with E-state index < -0.39 is 6.04 Å². The molecule has 0 saturated carbocycles. The van der Waals surface area contributed by atoms with Gasteiger partial charge in [-0.05, 0) is 30.4 Å². The highest BCUT2D eigenvalue weighted by molar-refractivity contribution is 5.90. The molecule has 1 aliphatic carbocycles. The van der Waals surface area contributed by atoms with Crippen LogP contribution in [0.15, 0.2) is 24.3 Å². The predicted molar refractivity (Wildman–Crippen MR) is 75.5 cm³/mol. The van der Waals surface area contributed by atoms with Crippen LogP contribution in [0, 0.1) is 0 Å². The molecule has 1 aliphatic heterocycles. The van der Waals surface area contributed by atoms with Crippen molar-refractivity contribution in [3.63, 3.8) is 0 Å². The van der Waals surface area contributed by atoms with Crippen molar-refractivity contribution in [3.05, 3.63) is 35.4 Å². The molecule has 3 amide bonds. The van der Waals surface area contributed by atoms with E-state index in [2.05, 4.69) is 40.2 Å². The Kier molecular flexibility index (Phi) is 3.58. The summed E-state index contributed by atoms with van der Waals surface area (Å²) < 4.78 is 0. The van der Waals surface area contributed by atoms with Gasteiger partial charge >= 0.3 is 6.03 Å². The van der Waals surface area contributed by atoms with Gasteiger partial charge < -0.3 is 16.0 Å². The number of carbonyl (C=O) groups excluding carboxylic acids is 2. The van der Waals surface area contributed by atoms with Gasteiger partial charge in [-0.15, -0.1) is 0 Å². The van der Waals surface area contributed by atoms with Crippen LogP contribution in [0.3, 0.4) is 0 Å². The van der Waals surface area contributed by atoms with E-state index in [4.69, 9.17) is 0 Å². The molecule has 5 nitrogen and oxygen atoms in total. The van der Waals surface area contributed by atoms with Gasteiger partial charge in [-0.1, -0.05) is 24.3 Å². The molecule has 3 N–H and O–H groups in total. The molecule has 106 valence electrons. The van der Waals surface area contributed by atoms with Crippen molar-refractivity contribution < 1.29 is 9.59 Å². The SMILES string of the molecule is O=C1NC[C@H](C(=O)NC[C@H]2CCCc3ccccc32)N1. The lowest BCUT2D eigenvalue weighted by Gasteiger charge is -2.26. The molecule has 1 saturated heterocycles. The number of nitrogens with one attached hydrogen (secondary N) is 3. The van der Waals surface area contributed by atoms with Crippen molar-refractivity contribution in [2.75, 3.05) is 13.1 Å². The van der Waals surface area contributed by atoms with Crippen LogP contribution < -0.4 is 16.0 Å². The van der Waals surface area contributed by atoms with E-state index in [1.54, 1.807) is 0 Å². The Morgan fingerprint density at radius 2 is 2.20 bits per heavy atom. The molecule has 0 unspecified atom stereocenters. The first kappa shape index (κ1) is 13.0. The maximum atomic E-state index is 12.0. The van der Waals surface area contributed by atoms with Crippen molar-refractivity contribution in [1.82, 2.24) is 16.0 Å². The molecule has 2 atom stereocenters. The minimum Gasteiger partial charge on any atom is -0.354 e. The number of aryl methyl sites for hydroxylation is 1. The highest BCUT2D eigenvalue weighted by Crippen LogP contribution is 2.30. The molecule has 3 rings (SSSR count). The molecule has 1 heterocycles. The summed E-state index contributed by atoms with van der Waals surface area (Å²) >= 11 is 0. The Hall–Kier alpha value is -2.04. The second-order valence-electron chi connectivity index (χ2n) is 5.44. The van der Waals surface area contributed by atoms with Gasteiger partial charge in [-0.3, -0.25) is 4.79 Å². The van der Waals surface area contributed by atoms with E-state index in [1.807, 2.05) is 0 Å². The molecular formula is C15H19N3O2. The van der Waals surface area contributed by atoms with Crippen molar-refractivity contribution in [2.24, 2.45) is 0 Å². The van der Waals surface area contributed by atoms with Gasteiger partial charge in [0.1, 0.15) is 6.04 Å². The number of amides is 3. The first-order valence-corrected chi connectivity index (χ1v) is 7.14. The van der Waals surface area contributed by atoms with Gasteiger partial charge in [-0.25, -0.2) is 4.79 Å². The number of rotatable bonds is 3. The Balaban J connectivity index is 1.59. The lowest BCUT2D eigenvalue weighted by atomic mass is 9.83. The minimum absolute atomic E-state index is 0.105. The number of benzene rings is 1. The van der Waals surface area contributed by atoms with Crippen molar-refractivity contribution in [1.29, 1.82) is 0 Å². The molecule has 1 aromatic rings. The van der Waals surface area contributed by atoms with E-state index >= 15 is 0 Å². The monoisotopic (exact) mass is 273 g/mol. The molecule has 0 aromatic heterocycles. The second kappa shape index (κ2) is 5.53. The Morgan fingerprint density at radius 3 is 3.00 bits per heavy atom. The number of hydrogen-bond acceptors (Lipinski definition) is 2. The quantitative estimate of drug-likeness (QED) is 0.766. The van der Waals surface area contributed by atoms with E-state index in [0.717, 1.165) is 12.8 Å². The fourth-order valence-electron chi connectivity index (χ4n) is 3.03. The van der Waals surface area contributed by atoms with Gasteiger partial charge in [0.2, 0.25) is 5.91 Å². The van der Waals surface area contributed by atoms with Gasteiger partial charge in [0.25, 0.3) is 0 Å². The van der Waals surface area contributed by atoms with Crippen LogP contribution >= 0.6 is 0 Å². The standard InChI is InChI=1S/C15H19N3O2/c19-14(13-9-17-15(20)18-13)16-8-11-6-3-5-10-4-1-2-7-12(10)11/h1-2,4,7,11,13H,3,5-6,8-9H2,(H,16,19)(H2,17,18,20)/t11-,13-/m1/s1. The molecule has 1 aromatic carbocycles. The van der Waals surface area contributed by atoms with E-state index in [1.165, 1.54) is 17.5 Å². The van der Waals surface area contributed by atoms with Gasteiger partial charge in [-0.2, -0.15) is 0 Å². The van der Waals surface area contributed by atoms with Crippen LogP contribution in [0.2, 0.25) is 0 Å². The minimum atomic E-state index is -0.443. The summed E-state index contributed by atoms with van der Waals surface area (Å²) in [5, 5.41) is 8.15. The zero-order valence-electron chi connectivity index (χ0n) is 11.3. The molecule has 1 fully saturated rings. The fraction of sp³-hybridized carbons (Fsp3) is 0.467. The van der Waals surface area contributed by atoms with E-state index in [-0.39, 0.29) is 11.9 Å². The third-order valence-electron chi connectivity index (χ3n) is 4.10. The summed E-state index contributed by atoms with van der Waals surface area (Å²) in [6, 6.07) is 7.74. The molecule has 0 bridgehead atoms. The molecule has 0 radical (unpaired) electrons. The van der Waals surface area contributed by atoms with E-state index in [9.17, 15) is 9.59 Å². The lowest BCUT2D eigenvalue weighted by molar-refractivity contribution is -0.122. The fourth-order valence-corrected chi connectivity index (χ4v) is 3.03. The molecule has 5 heteroatoms. The molecular weight excluding hydrogens is 254 g/mol. The Bertz CT molecular complexity index is 530. The lowest BCUT2D eigenvalue weighted by Crippen LogP contribution is -2.44. The summed E-state index contributed by atoms with van der Waals surface area (Å²) in [5.74, 6) is 0.278. The van der Waals surface area contributed by atoms with Gasteiger partial charge in [0, 0.05) is 19.0 Å². The zero-order valence-corrected chi connectivity index (χ0v) is 11.3. The van der Waals surface area contributed by atoms with Crippen molar-refractivity contribution in [2.45, 2.75) is 31.2 Å². The predicted octanol–water partition coefficient (Wildman–Crippen LogP) is 0.904. The summed E-state index contributed by atoms with van der Waals surface area (Å²) in [7, 11) is 0. The molecule has 20 heavy (non-hydrogen) atoms. The Labute approximate surface area is 118 Å². The maximum absolute atomic E-state index is 12.0. The van der Waals surface area contributed by atoms with Crippen LogP contribution in [0.25, 0.3) is 0 Å². The first-order chi connectivity index (χ1) is 9.74. The third-order valence-corrected chi connectivity index (χ3v) is 4.10. The highest BCUT2D eigenvalue weighted by atomic mass is 16.2. The Morgan fingerprint density at radius 1 is 1.35 bits per heavy atom. The normalized spacial score (nSPS) is 24.5. The molecule has 0 spiro atoms. The number of hydrogen-bond donors (Lipinski definition) is 3. The average molecular weight is 273 g/mol. The number of urea groups is 1. The average Bonchev–Trinajstić information content (AvgIpc) is 2.91. The van der Waals surface area contributed by atoms with Crippen molar-refractivity contribution in [3.8, 4) is 0 Å². The topological polar surface area (TPSA) is 70.2 Å². The summed E-state index contributed by atoms with van der Waals surface area (Å²) in [5.41, 5.74) is 2.75. The van der Waals surface area contributed by atoms with Crippen LogP contribution in [0.5, 0.6) is 0 Å². The summed E-state index contributed by atoms with van der Waals surface area (Å²) in [6.45, 7) is 1.01. The van der Waals surface area contributed by atoms with Crippen LogP contribution in [-0.4, -0.2) is 31.1 Å². The summed E-state index contributed by atoms with van der Waals surface area (Å²) in [4.78, 5) is 23.0. The van der Waals surface area contributed by atoms with Crippen LogP contribution in [-0.2, 0) is 11.2 Å². The van der Waals surface area contributed by atoms with Crippen LogP contribution in [0.1, 0.15) is 29.9 Å². The number of fused-ring (bicyclic) bond motifs is 1. The van der Waals surface area contributed by atoms with Gasteiger partial charge in [0.15, 0.2) is 0 Å².